The van der Waals surface area contributed by atoms with Crippen LogP contribution >= 0.6 is 0 Å². The first-order valence-corrected chi connectivity index (χ1v) is 10.9. The van der Waals surface area contributed by atoms with Gasteiger partial charge in [-0.05, 0) is 24.6 Å². The Labute approximate surface area is 179 Å². The molecule has 152 valence electrons. The summed E-state index contributed by atoms with van der Waals surface area (Å²) in [5.74, 6) is 0. The second-order valence-electron chi connectivity index (χ2n) is 6.91. The highest BCUT2D eigenvalue weighted by molar-refractivity contribution is 7.89. The molecular formula is C24H17N3O3S. The van der Waals surface area contributed by atoms with Gasteiger partial charge in [0.05, 0.1) is 4.90 Å². The molecule has 3 aromatic carbocycles. The summed E-state index contributed by atoms with van der Waals surface area (Å²) in [5, 5.41) is 14.1. The van der Waals surface area contributed by atoms with Crippen LogP contribution in [0.5, 0.6) is 0 Å². The Bertz CT molecular complexity index is 1450. The molecule has 0 fully saturated rings. The molecule has 0 saturated heterocycles. The standard InChI is InChI=1S/C24H17N3O3S/c1-17-12-14-20(15-13-17)31(29,30)27-24(28)21(16-25)22(18-8-4-2-5-9-18)23(26-27)19-10-6-3-7-11-19/h2-15H,1H3. The largest absolute Gasteiger partial charge is 0.300 e. The van der Waals surface area contributed by atoms with Crippen molar-refractivity contribution >= 4 is 10.0 Å². The lowest BCUT2D eigenvalue weighted by Crippen LogP contribution is -2.32. The zero-order valence-electron chi connectivity index (χ0n) is 16.6. The second-order valence-corrected chi connectivity index (χ2v) is 8.68. The van der Waals surface area contributed by atoms with Gasteiger partial charge in [-0.25, -0.2) is 0 Å². The minimum Gasteiger partial charge on any atom is -0.265 e. The van der Waals surface area contributed by atoms with Gasteiger partial charge < -0.3 is 0 Å². The zero-order chi connectivity index (χ0) is 22.0. The molecule has 0 bridgehead atoms. The fourth-order valence-corrected chi connectivity index (χ4v) is 4.45. The van der Waals surface area contributed by atoms with E-state index in [2.05, 4.69) is 5.10 Å². The van der Waals surface area contributed by atoms with Gasteiger partial charge in [0.2, 0.25) is 0 Å². The highest BCUT2D eigenvalue weighted by atomic mass is 32.2. The maximum Gasteiger partial charge on any atom is 0.300 e. The van der Waals surface area contributed by atoms with Crippen molar-refractivity contribution in [2.45, 2.75) is 11.8 Å². The smallest absolute Gasteiger partial charge is 0.265 e. The van der Waals surface area contributed by atoms with E-state index < -0.39 is 15.6 Å². The molecular weight excluding hydrogens is 410 g/mol. The van der Waals surface area contributed by atoms with Crippen molar-refractivity contribution in [1.82, 2.24) is 9.19 Å². The average molecular weight is 427 g/mol. The van der Waals surface area contributed by atoms with E-state index >= 15 is 0 Å². The molecule has 6 nitrogen and oxygen atoms in total. The summed E-state index contributed by atoms with van der Waals surface area (Å²) in [6, 6.07) is 25.8. The molecule has 4 rings (SSSR count). The van der Waals surface area contributed by atoms with Crippen molar-refractivity contribution in [3.05, 3.63) is 106 Å². The van der Waals surface area contributed by atoms with E-state index in [-0.39, 0.29) is 16.2 Å². The van der Waals surface area contributed by atoms with E-state index in [0.29, 0.717) is 20.8 Å². The summed E-state index contributed by atoms with van der Waals surface area (Å²) in [7, 11) is -4.31. The number of benzene rings is 3. The summed E-state index contributed by atoms with van der Waals surface area (Å²) in [4.78, 5) is 13.1. The number of nitriles is 1. The lowest BCUT2D eigenvalue weighted by atomic mass is 9.96. The number of hydrogen-bond donors (Lipinski definition) is 0. The van der Waals surface area contributed by atoms with Crippen molar-refractivity contribution in [2.75, 3.05) is 0 Å². The molecule has 0 aliphatic carbocycles. The number of rotatable bonds is 4. The van der Waals surface area contributed by atoms with E-state index in [4.69, 9.17) is 0 Å². The van der Waals surface area contributed by atoms with Crippen molar-refractivity contribution in [3.8, 4) is 28.5 Å². The van der Waals surface area contributed by atoms with Crippen LogP contribution < -0.4 is 5.56 Å². The van der Waals surface area contributed by atoms with E-state index in [9.17, 15) is 18.5 Å². The van der Waals surface area contributed by atoms with Crippen LogP contribution in [0.3, 0.4) is 0 Å². The van der Waals surface area contributed by atoms with Crippen LogP contribution in [-0.2, 0) is 10.0 Å². The van der Waals surface area contributed by atoms with Gasteiger partial charge in [-0.3, -0.25) is 4.79 Å². The lowest BCUT2D eigenvalue weighted by Gasteiger charge is -2.15. The quantitative estimate of drug-likeness (QED) is 0.491. The van der Waals surface area contributed by atoms with Gasteiger partial charge in [0.15, 0.2) is 0 Å². The molecule has 4 aromatic rings. The molecule has 0 radical (unpaired) electrons. The number of aryl methyl sites for hydroxylation is 1. The molecule has 0 atom stereocenters. The van der Waals surface area contributed by atoms with Crippen molar-refractivity contribution in [2.24, 2.45) is 0 Å². The Balaban J connectivity index is 2.10. The molecule has 0 spiro atoms. The minimum atomic E-state index is -4.31. The van der Waals surface area contributed by atoms with Crippen molar-refractivity contribution < 1.29 is 8.42 Å². The van der Waals surface area contributed by atoms with Crippen LogP contribution in [0.15, 0.2) is 94.6 Å². The average Bonchev–Trinajstić information content (AvgIpc) is 2.80. The molecule has 0 amide bonds. The fourth-order valence-electron chi connectivity index (χ4n) is 3.27. The molecule has 0 aliphatic rings. The van der Waals surface area contributed by atoms with Crippen molar-refractivity contribution in [1.29, 1.82) is 5.26 Å². The number of nitrogens with zero attached hydrogens (tertiary/aromatic N) is 3. The van der Waals surface area contributed by atoms with Gasteiger partial charge in [0.1, 0.15) is 17.3 Å². The summed E-state index contributed by atoms with van der Waals surface area (Å²) >= 11 is 0. The molecule has 0 N–H and O–H groups in total. The maximum absolute atomic E-state index is 13.3. The third kappa shape index (κ3) is 3.65. The summed E-state index contributed by atoms with van der Waals surface area (Å²) in [5.41, 5.74) is 1.33. The van der Waals surface area contributed by atoms with Gasteiger partial charge in [-0.1, -0.05) is 78.4 Å². The monoisotopic (exact) mass is 427 g/mol. The second kappa shape index (κ2) is 8.01. The van der Waals surface area contributed by atoms with Gasteiger partial charge in [-0.2, -0.15) is 18.8 Å². The molecule has 1 aromatic heterocycles. The highest BCUT2D eigenvalue weighted by Gasteiger charge is 2.27. The Hall–Kier alpha value is -4.02. The SMILES string of the molecule is Cc1ccc(S(=O)(=O)n2nc(-c3ccccc3)c(-c3ccccc3)c(C#N)c2=O)cc1. The minimum absolute atomic E-state index is 0.0805. The van der Waals surface area contributed by atoms with Crippen LogP contribution in [0.25, 0.3) is 22.4 Å². The van der Waals surface area contributed by atoms with E-state index in [1.807, 2.05) is 25.1 Å². The fraction of sp³-hybridized carbons (Fsp3) is 0.0417. The Morgan fingerprint density at radius 2 is 1.39 bits per heavy atom. The van der Waals surface area contributed by atoms with Gasteiger partial charge >= 0.3 is 0 Å². The zero-order valence-corrected chi connectivity index (χ0v) is 17.4. The molecule has 31 heavy (non-hydrogen) atoms. The van der Waals surface area contributed by atoms with Crippen LogP contribution in [0.2, 0.25) is 0 Å². The molecule has 0 unspecified atom stereocenters. The normalized spacial score (nSPS) is 11.1. The summed E-state index contributed by atoms with van der Waals surface area (Å²) in [6.45, 7) is 1.83. The van der Waals surface area contributed by atoms with Gasteiger partial charge in [-0.15, -0.1) is 4.09 Å². The first-order valence-electron chi connectivity index (χ1n) is 9.44. The molecule has 7 heteroatoms. The molecule has 0 aliphatic heterocycles. The predicted octanol–water partition coefficient (Wildman–Crippen LogP) is 3.99. The topological polar surface area (TPSA) is 92.8 Å². The van der Waals surface area contributed by atoms with Gasteiger partial charge in [0, 0.05) is 11.1 Å². The van der Waals surface area contributed by atoms with E-state index in [0.717, 1.165) is 5.56 Å². The first kappa shape index (κ1) is 20.3. The van der Waals surface area contributed by atoms with E-state index in [1.54, 1.807) is 60.7 Å². The number of aromatic nitrogens is 2. The highest BCUT2D eigenvalue weighted by Crippen LogP contribution is 2.32. The Kier molecular flexibility index (Phi) is 5.24. The van der Waals surface area contributed by atoms with Gasteiger partial charge in [0.25, 0.3) is 15.6 Å². The van der Waals surface area contributed by atoms with Crippen LogP contribution in [0.1, 0.15) is 11.1 Å². The molecule has 0 saturated carbocycles. The lowest BCUT2D eigenvalue weighted by molar-refractivity contribution is 0.576. The third-order valence-corrected chi connectivity index (χ3v) is 6.40. The van der Waals surface area contributed by atoms with Crippen LogP contribution in [-0.4, -0.2) is 17.6 Å². The first-order chi connectivity index (χ1) is 14.9. The maximum atomic E-state index is 13.3. The van der Waals surface area contributed by atoms with Crippen molar-refractivity contribution in [3.63, 3.8) is 0 Å². The third-order valence-electron chi connectivity index (χ3n) is 4.83. The summed E-state index contributed by atoms with van der Waals surface area (Å²) < 4.78 is 26.9. The van der Waals surface area contributed by atoms with E-state index in [1.165, 1.54) is 12.1 Å². The molecule has 1 heterocycles. The Morgan fingerprint density at radius 1 is 0.839 bits per heavy atom. The Morgan fingerprint density at radius 3 is 1.94 bits per heavy atom. The number of hydrogen-bond acceptors (Lipinski definition) is 5. The summed E-state index contributed by atoms with van der Waals surface area (Å²) in [6.07, 6.45) is 0. The predicted molar refractivity (Wildman–Crippen MR) is 118 cm³/mol. The van der Waals surface area contributed by atoms with Crippen LogP contribution in [0.4, 0.5) is 0 Å². The van der Waals surface area contributed by atoms with Crippen LogP contribution in [0, 0.1) is 18.3 Å².